The maximum Gasteiger partial charge on any atom is 0.0667 e. The summed E-state index contributed by atoms with van der Waals surface area (Å²) in [6.07, 6.45) is 1.84. The van der Waals surface area contributed by atoms with Crippen molar-refractivity contribution in [2.24, 2.45) is 0 Å². The first-order valence-electron chi connectivity index (χ1n) is 5.39. The first kappa shape index (κ1) is 10.9. The molecule has 0 unspecified atom stereocenters. The molecule has 0 saturated carbocycles. The minimum Gasteiger partial charge on any atom is -0.392 e. The van der Waals surface area contributed by atoms with Gasteiger partial charge >= 0.3 is 0 Å². The normalized spacial score (nSPS) is 22.9. The van der Waals surface area contributed by atoms with Crippen LogP contribution >= 0.6 is 11.6 Å². The molecule has 0 spiro atoms. The lowest BCUT2D eigenvalue weighted by atomic mass is 10.1. The van der Waals surface area contributed by atoms with Crippen molar-refractivity contribution in [2.75, 3.05) is 13.1 Å². The first-order valence-corrected chi connectivity index (χ1v) is 5.77. The van der Waals surface area contributed by atoms with Crippen LogP contribution in [0.25, 0.3) is 0 Å². The number of likely N-dealkylation sites (tertiary alicyclic amines) is 1. The molecular weight excluding hydrogens is 210 g/mol. The average molecular weight is 226 g/mol. The topological polar surface area (TPSA) is 23.5 Å². The molecule has 3 heteroatoms. The maximum absolute atomic E-state index is 9.55. The Morgan fingerprint density at radius 3 is 2.93 bits per heavy atom. The molecular formula is C12H16ClNO. The number of nitrogens with zero attached hydrogens (tertiary/aromatic N) is 1. The molecule has 0 aromatic heterocycles. The average Bonchev–Trinajstić information content (AvgIpc) is 2.22. The maximum atomic E-state index is 9.55. The first-order chi connectivity index (χ1) is 7.25. The second kappa shape index (κ2) is 4.97. The molecule has 2 rings (SSSR count). The van der Waals surface area contributed by atoms with Gasteiger partial charge in [-0.3, -0.25) is 4.90 Å². The lowest BCUT2D eigenvalue weighted by molar-refractivity contribution is 0.0668. The second-order valence-corrected chi connectivity index (χ2v) is 4.53. The van der Waals surface area contributed by atoms with Gasteiger partial charge in [0.1, 0.15) is 0 Å². The van der Waals surface area contributed by atoms with Gasteiger partial charge in [-0.2, -0.15) is 0 Å². The Morgan fingerprint density at radius 2 is 2.20 bits per heavy atom. The molecule has 1 aliphatic rings. The summed E-state index contributed by atoms with van der Waals surface area (Å²) in [4.78, 5) is 2.26. The van der Waals surface area contributed by atoms with Crippen molar-refractivity contribution in [3.8, 4) is 0 Å². The quantitative estimate of drug-likeness (QED) is 0.835. The van der Waals surface area contributed by atoms with Crippen LogP contribution in [0.4, 0.5) is 0 Å². The van der Waals surface area contributed by atoms with Crippen molar-refractivity contribution in [3.05, 3.63) is 34.9 Å². The van der Waals surface area contributed by atoms with Gasteiger partial charge in [0.25, 0.3) is 0 Å². The van der Waals surface area contributed by atoms with E-state index in [-0.39, 0.29) is 6.10 Å². The largest absolute Gasteiger partial charge is 0.392 e. The molecule has 1 fully saturated rings. The van der Waals surface area contributed by atoms with Gasteiger partial charge in [0.2, 0.25) is 0 Å². The fourth-order valence-electron chi connectivity index (χ4n) is 2.04. The van der Waals surface area contributed by atoms with E-state index in [0.29, 0.717) is 0 Å². The summed E-state index contributed by atoms with van der Waals surface area (Å²) in [5.41, 5.74) is 1.15. The Kier molecular flexibility index (Phi) is 3.62. The van der Waals surface area contributed by atoms with E-state index in [4.69, 9.17) is 11.6 Å². The molecule has 1 aliphatic heterocycles. The predicted molar refractivity (Wildman–Crippen MR) is 62.0 cm³/mol. The highest BCUT2D eigenvalue weighted by atomic mass is 35.5. The summed E-state index contributed by atoms with van der Waals surface area (Å²) in [5, 5.41) is 10.4. The molecule has 1 N–H and O–H groups in total. The van der Waals surface area contributed by atoms with E-state index in [1.807, 2.05) is 24.3 Å². The van der Waals surface area contributed by atoms with Gasteiger partial charge in [-0.15, -0.1) is 0 Å². The summed E-state index contributed by atoms with van der Waals surface area (Å²) in [7, 11) is 0. The third-order valence-electron chi connectivity index (χ3n) is 2.83. The Morgan fingerprint density at radius 1 is 1.40 bits per heavy atom. The second-order valence-electron chi connectivity index (χ2n) is 4.12. The lowest BCUT2D eigenvalue weighted by Crippen LogP contribution is -2.37. The van der Waals surface area contributed by atoms with Gasteiger partial charge in [-0.25, -0.2) is 0 Å². The third kappa shape index (κ3) is 2.94. The van der Waals surface area contributed by atoms with Crippen LogP contribution in [0.15, 0.2) is 24.3 Å². The molecule has 1 saturated heterocycles. The number of halogens is 1. The summed E-state index contributed by atoms with van der Waals surface area (Å²) in [5.74, 6) is 0. The minimum atomic E-state index is -0.166. The SMILES string of the molecule is O[C@H]1CCCN(Cc2ccccc2Cl)C1. The van der Waals surface area contributed by atoms with Crippen LogP contribution in [-0.2, 0) is 6.54 Å². The Hall–Kier alpha value is -0.570. The highest BCUT2D eigenvalue weighted by molar-refractivity contribution is 6.31. The Bertz CT molecular complexity index is 329. The number of β-amino-alcohol motifs (C(OH)–C–C–N with tert-alkyl or cyclic N) is 1. The highest BCUT2D eigenvalue weighted by Crippen LogP contribution is 2.19. The number of aliphatic hydroxyl groups is 1. The van der Waals surface area contributed by atoms with Crippen LogP contribution in [-0.4, -0.2) is 29.2 Å². The van der Waals surface area contributed by atoms with Crippen LogP contribution in [0, 0.1) is 0 Å². The van der Waals surface area contributed by atoms with Crippen molar-refractivity contribution in [1.82, 2.24) is 4.90 Å². The molecule has 1 atom stereocenters. The van der Waals surface area contributed by atoms with Gasteiger partial charge in [0, 0.05) is 18.1 Å². The van der Waals surface area contributed by atoms with Crippen molar-refractivity contribution < 1.29 is 5.11 Å². The fraction of sp³-hybridized carbons (Fsp3) is 0.500. The zero-order valence-electron chi connectivity index (χ0n) is 8.69. The van der Waals surface area contributed by atoms with E-state index < -0.39 is 0 Å². The fourth-order valence-corrected chi connectivity index (χ4v) is 2.24. The molecule has 0 aliphatic carbocycles. The molecule has 15 heavy (non-hydrogen) atoms. The zero-order chi connectivity index (χ0) is 10.7. The molecule has 0 bridgehead atoms. The molecule has 1 aromatic rings. The molecule has 0 amide bonds. The smallest absolute Gasteiger partial charge is 0.0667 e. The third-order valence-corrected chi connectivity index (χ3v) is 3.20. The molecule has 1 aromatic carbocycles. The molecule has 0 radical (unpaired) electrons. The standard InChI is InChI=1S/C12H16ClNO/c13-12-6-2-1-4-10(12)8-14-7-3-5-11(15)9-14/h1-2,4,6,11,15H,3,5,7-9H2/t11-/m0/s1. The zero-order valence-corrected chi connectivity index (χ0v) is 9.45. The number of rotatable bonds is 2. The van der Waals surface area contributed by atoms with Crippen LogP contribution in [0.1, 0.15) is 18.4 Å². The van der Waals surface area contributed by atoms with Crippen molar-refractivity contribution in [1.29, 1.82) is 0 Å². The number of aliphatic hydroxyl groups excluding tert-OH is 1. The van der Waals surface area contributed by atoms with Gasteiger partial charge in [-0.05, 0) is 31.0 Å². The minimum absolute atomic E-state index is 0.166. The highest BCUT2D eigenvalue weighted by Gasteiger charge is 2.17. The summed E-state index contributed by atoms with van der Waals surface area (Å²) >= 11 is 6.09. The van der Waals surface area contributed by atoms with Gasteiger partial charge in [-0.1, -0.05) is 29.8 Å². The van der Waals surface area contributed by atoms with Crippen molar-refractivity contribution >= 4 is 11.6 Å². The number of hydrogen-bond acceptors (Lipinski definition) is 2. The summed E-state index contributed by atoms with van der Waals surface area (Å²) in [6, 6.07) is 7.90. The predicted octanol–water partition coefficient (Wildman–Crippen LogP) is 2.30. The van der Waals surface area contributed by atoms with Crippen molar-refractivity contribution in [2.45, 2.75) is 25.5 Å². The Balaban J connectivity index is 1.99. The van der Waals surface area contributed by atoms with Crippen LogP contribution in [0.5, 0.6) is 0 Å². The number of hydrogen-bond donors (Lipinski definition) is 1. The van der Waals surface area contributed by atoms with Gasteiger partial charge in [0.15, 0.2) is 0 Å². The monoisotopic (exact) mass is 225 g/mol. The van der Waals surface area contributed by atoms with E-state index in [1.165, 1.54) is 0 Å². The van der Waals surface area contributed by atoms with E-state index >= 15 is 0 Å². The molecule has 82 valence electrons. The molecule has 2 nitrogen and oxygen atoms in total. The van der Waals surface area contributed by atoms with Crippen LogP contribution < -0.4 is 0 Å². The Labute approximate surface area is 95.5 Å². The number of benzene rings is 1. The van der Waals surface area contributed by atoms with E-state index in [9.17, 15) is 5.11 Å². The number of piperidine rings is 1. The molecule has 1 heterocycles. The van der Waals surface area contributed by atoms with Gasteiger partial charge < -0.3 is 5.11 Å². The lowest BCUT2D eigenvalue weighted by Gasteiger charge is -2.30. The van der Waals surface area contributed by atoms with E-state index in [1.54, 1.807) is 0 Å². The van der Waals surface area contributed by atoms with Crippen LogP contribution in [0.3, 0.4) is 0 Å². The van der Waals surface area contributed by atoms with E-state index in [0.717, 1.165) is 43.1 Å². The van der Waals surface area contributed by atoms with E-state index in [2.05, 4.69) is 4.90 Å². The summed E-state index contributed by atoms with van der Waals surface area (Å²) in [6.45, 7) is 2.67. The van der Waals surface area contributed by atoms with Gasteiger partial charge in [0.05, 0.1) is 6.10 Å². The van der Waals surface area contributed by atoms with Crippen molar-refractivity contribution in [3.63, 3.8) is 0 Å². The van der Waals surface area contributed by atoms with Crippen LogP contribution in [0.2, 0.25) is 5.02 Å². The summed E-state index contributed by atoms with van der Waals surface area (Å²) < 4.78 is 0.